The van der Waals surface area contributed by atoms with E-state index in [1.165, 1.54) is 70.6 Å². The fraction of sp³-hybridized carbons (Fsp3) is 0.320. The summed E-state index contributed by atoms with van der Waals surface area (Å²) < 4.78 is 0. The molecule has 3 aromatic heterocycles. The highest BCUT2D eigenvalue weighted by Crippen LogP contribution is 2.49. The molecule has 0 radical (unpaired) electrons. The lowest BCUT2D eigenvalue weighted by Crippen LogP contribution is -2.32. The van der Waals surface area contributed by atoms with E-state index < -0.39 is 0 Å². The number of rotatable bonds is 0. The Bertz CT molecular complexity index is 2100. The predicted molar refractivity (Wildman–Crippen MR) is 230 cm³/mol. The minimum absolute atomic E-state index is 0.374. The van der Waals surface area contributed by atoms with E-state index in [9.17, 15) is 0 Å². The summed E-state index contributed by atoms with van der Waals surface area (Å²) in [6.07, 6.45) is 14.9. The Balaban J connectivity index is 0.000000159. The van der Waals surface area contributed by atoms with Gasteiger partial charge in [0.1, 0.15) is 0 Å². The van der Waals surface area contributed by atoms with Crippen molar-refractivity contribution in [3.63, 3.8) is 0 Å². The van der Waals surface area contributed by atoms with Crippen LogP contribution in [0.15, 0.2) is 82.9 Å². The van der Waals surface area contributed by atoms with Crippen molar-refractivity contribution in [3.05, 3.63) is 103 Å². The summed E-state index contributed by atoms with van der Waals surface area (Å²) in [5, 5.41) is 6.03. The fourth-order valence-corrected chi connectivity index (χ4v) is 7.78. The molecule has 0 atom stereocenters. The minimum atomic E-state index is 0.374. The second-order valence-corrected chi connectivity index (χ2v) is 15.5. The van der Waals surface area contributed by atoms with E-state index in [-0.39, 0.29) is 0 Å². The van der Waals surface area contributed by atoms with Crippen LogP contribution in [0.5, 0.6) is 0 Å². The quantitative estimate of drug-likeness (QED) is 0.158. The first-order valence-electron chi connectivity index (χ1n) is 18.2. The zero-order valence-electron chi connectivity index (χ0n) is 30.7. The normalized spacial score (nSPS) is 16.9. The molecule has 4 aliphatic carbocycles. The van der Waals surface area contributed by atoms with Crippen molar-refractivity contribution in [2.45, 2.75) is 84.5 Å². The maximum absolute atomic E-state index is 3.40. The molecule has 8 rings (SSSR count). The van der Waals surface area contributed by atoms with Crippen LogP contribution in [0.3, 0.4) is 0 Å². The van der Waals surface area contributed by atoms with Gasteiger partial charge >= 0.3 is 0 Å². The Hall–Kier alpha value is -5.20. The lowest BCUT2D eigenvalue weighted by Gasteiger charge is -2.43. The number of hydrogen-bond donors (Lipinski definition) is 0. The second-order valence-electron chi connectivity index (χ2n) is 12.7. The van der Waals surface area contributed by atoms with Crippen LogP contribution in [0.25, 0.3) is 0 Å². The Labute approximate surface area is 331 Å². The van der Waals surface area contributed by atoms with Crippen molar-refractivity contribution in [2.24, 2.45) is 17.3 Å². The van der Waals surface area contributed by atoms with Crippen molar-refractivity contribution in [2.75, 3.05) is 0 Å². The highest BCUT2D eigenvalue weighted by Gasteiger charge is 2.38. The molecule has 0 unspecified atom stereocenters. The summed E-state index contributed by atoms with van der Waals surface area (Å²) in [4.78, 5) is 3.17. The van der Waals surface area contributed by atoms with Gasteiger partial charge in [-0.1, -0.05) is 85.3 Å². The number of benzene rings is 1. The van der Waals surface area contributed by atoms with E-state index in [4.69, 9.17) is 0 Å². The Morgan fingerprint density at radius 1 is 0.491 bits per heavy atom. The van der Waals surface area contributed by atoms with Crippen LogP contribution >= 0.6 is 34.0 Å². The molecule has 3 heterocycles. The zero-order chi connectivity index (χ0) is 37.1. The third-order valence-electron chi connectivity index (χ3n) is 8.90. The maximum atomic E-state index is 3.40. The molecule has 0 amide bonds. The number of fused-ring (bicyclic) bond motifs is 3. The average molecular weight is 741 g/mol. The van der Waals surface area contributed by atoms with Crippen LogP contribution in [0.1, 0.15) is 105 Å². The summed E-state index contributed by atoms with van der Waals surface area (Å²) in [6.45, 7) is 3.68. The van der Waals surface area contributed by atoms with Gasteiger partial charge in [-0.05, 0) is 183 Å². The van der Waals surface area contributed by atoms with Crippen LogP contribution in [-0.4, -0.2) is 0 Å². The molecule has 4 saturated carbocycles. The Morgan fingerprint density at radius 3 is 1.45 bits per heavy atom. The van der Waals surface area contributed by atoms with Gasteiger partial charge in [-0.2, -0.15) is 0 Å². The molecule has 262 valence electrons. The molecule has 0 aliphatic heterocycles. The van der Waals surface area contributed by atoms with E-state index in [0.717, 1.165) is 26.1 Å². The van der Waals surface area contributed by atoms with Gasteiger partial charge in [0.25, 0.3) is 0 Å². The van der Waals surface area contributed by atoms with Crippen LogP contribution < -0.4 is 0 Å². The van der Waals surface area contributed by atoms with Gasteiger partial charge < -0.3 is 0 Å². The molecule has 0 N–H and O–H groups in total. The summed E-state index contributed by atoms with van der Waals surface area (Å²) in [5.41, 5.74) is 1.37. The standard InChI is InChI=1S/C14H8S.C13H16.C12H6S2.C11H14/c1-2-7-13(8-3-1)9-4-5-10-14-11-6-12-15-14;1-2-3-4-8-13-9-5-12(6-10-13)7-11-13;1(5-11-7-3-9-13-11)2-6-12-8-4-10-14-12;1-2-3-5-8-11-9-6-4-7-10-11/h1-3,6-8,11-12H;12H,5-7,9-11H2,1H3;3-4,7-10H;11H,4,6-7,9-10H2,1H3. The highest BCUT2D eigenvalue weighted by atomic mass is 32.1. The van der Waals surface area contributed by atoms with Crippen molar-refractivity contribution in [1.82, 2.24) is 0 Å². The summed E-state index contributed by atoms with van der Waals surface area (Å²) in [6, 6.07) is 21.8. The summed E-state index contributed by atoms with van der Waals surface area (Å²) >= 11 is 4.89. The lowest BCUT2D eigenvalue weighted by atomic mass is 9.61. The highest BCUT2D eigenvalue weighted by molar-refractivity contribution is 7.11. The SMILES string of the molecule is C(C#Cc1cccs1)#Cc1ccccc1.C(C#Cc1cccs1)#Cc1cccs1.CC#CC#CC12CCC(CC1)CC2.CC#CC#CC1CCCCC1. The second kappa shape index (κ2) is 24.9. The largest absolute Gasteiger partial charge is 0.135 e. The molecule has 3 heteroatoms. The molecule has 4 fully saturated rings. The minimum Gasteiger partial charge on any atom is -0.135 e. The molecule has 0 saturated heterocycles. The third kappa shape index (κ3) is 16.8. The molecule has 1 aromatic carbocycles. The van der Waals surface area contributed by atoms with E-state index in [2.05, 4.69) is 94.7 Å². The average Bonchev–Trinajstić information content (AvgIpc) is 4.04. The first-order chi connectivity index (χ1) is 26.2. The van der Waals surface area contributed by atoms with Crippen LogP contribution in [0.4, 0.5) is 0 Å². The van der Waals surface area contributed by atoms with Gasteiger partial charge in [0.15, 0.2) is 0 Å². The van der Waals surface area contributed by atoms with Gasteiger partial charge in [0.05, 0.1) is 14.6 Å². The van der Waals surface area contributed by atoms with E-state index >= 15 is 0 Å². The van der Waals surface area contributed by atoms with Crippen LogP contribution in [0.2, 0.25) is 0 Å². The molecule has 53 heavy (non-hydrogen) atoms. The van der Waals surface area contributed by atoms with Gasteiger partial charge in [-0.15, -0.1) is 34.0 Å². The van der Waals surface area contributed by atoms with Gasteiger partial charge in [-0.25, -0.2) is 0 Å². The first-order valence-corrected chi connectivity index (χ1v) is 20.9. The van der Waals surface area contributed by atoms with Crippen molar-refractivity contribution in [1.29, 1.82) is 0 Å². The lowest BCUT2D eigenvalue weighted by molar-refractivity contribution is 0.119. The molecular formula is C50H44S3. The summed E-state index contributed by atoms with van der Waals surface area (Å²) in [7, 11) is 0. The Morgan fingerprint density at radius 2 is 0.981 bits per heavy atom. The molecular weight excluding hydrogens is 697 g/mol. The smallest absolute Gasteiger partial charge is 0.0778 e. The fourth-order valence-electron chi connectivity index (χ4n) is 6.06. The van der Waals surface area contributed by atoms with Gasteiger partial charge in [0, 0.05) is 16.9 Å². The molecule has 0 spiro atoms. The van der Waals surface area contributed by atoms with Gasteiger partial charge in [-0.3, -0.25) is 0 Å². The maximum Gasteiger partial charge on any atom is 0.0778 e. The van der Waals surface area contributed by atoms with Gasteiger partial charge in [0.2, 0.25) is 0 Å². The van der Waals surface area contributed by atoms with E-state index in [1.807, 2.05) is 96.7 Å². The monoisotopic (exact) mass is 740 g/mol. The third-order valence-corrected chi connectivity index (χ3v) is 11.3. The van der Waals surface area contributed by atoms with Crippen molar-refractivity contribution >= 4 is 34.0 Å². The zero-order valence-corrected chi connectivity index (χ0v) is 33.2. The number of thiophene rings is 3. The summed E-state index contributed by atoms with van der Waals surface area (Å²) in [5.74, 6) is 48.7. The topological polar surface area (TPSA) is 0 Å². The van der Waals surface area contributed by atoms with E-state index in [0.29, 0.717) is 11.3 Å². The molecule has 0 nitrogen and oxygen atoms in total. The van der Waals surface area contributed by atoms with E-state index in [1.54, 1.807) is 34.0 Å². The molecule has 4 aliphatic rings. The Kier molecular flexibility index (Phi) is 19.1. The van der Waals surface area contributed by atoms with Crippen molar-refractivity contribution < 1.29 is 0 Å². The molecule has 2 bridgehead atoms. The predicted octanol–water partition coefficient (Wildman–Crippen LogP) is 11.9. The molecule has 4 aromatic rings. The first kappa shape index (κ1) is 40.6. The van der Waals surface area contributed by atoms with Crippen LogP contribution in [-0.2, 0) is 0 Å². The van der Waals surface area contributed by atoms with Crippen LogP contribution in [0, 0.1) is 112 Å². The van der Waals surface area contributed by atoms with Crippen molar-refractivity contribution in [3.8, 4) is 94.7 Å². The number of hydrogen-bond acceptors (Lipinski definition) is 3.